The molecule has 20 heavy (non-hydrogen) atoms. The molecule has 1 unspecified atom stereocenters. The maximum atomic E-state index is 12.2. The third kappa shape index (κ3) is 4.99. The van der Waals surface area contributed by atoms with Gasteiger partial charge in [-0.25, -0.2) is 13.1 Å². The van der Waals surface area contributed by atoms with Crippen LogP contribution in [0.1, 0.15) is 13.3 Å². The second-order valence-electron chi connectivity index (χ2n) is 4.01. The molecule has 1 aromatic carbocycles. The zero-order valence-corrected chi connectivity index (χ0v) is 11.5. The van der Waals surface area contributed by atoms with Gasteiger partial charge < -0.3 is 10.5 Å². The predicted octanol–water partition coefficient (Wildman–Crippen LogP) is 1.60. The summed E-state index contributed by atoms with van der Waals surface area (Å²) in [6.07, 6.45) is -4.44. The minimum Gasteiger partial charge on any atom is -0.404 e. The third-order valence-electron chi connectivity index (χ3n) is 2.42. The van der Waals surface area contributed by atoms with Gasteiger partial charge in [-0.05, 0) is 18.6 Å². The van der Waals surface area contributed by atoms with E-state index in [0.717, 1.165) is 12.1 Å². The van der Waals surface area contributed by atoms with E-state index in [0.29, 0.717) is 6.42 Å². The van der Waals surface area contributed by atoms with Crippen molar-refractivity contribution in [2.24, 2.45) is 5.73 Å². The van der Waals surface area contributed by atoms with Crippen molar-refractivity contribution in [1.82, 2.24) is 4.72 Å². The van der Waals surface area contributed by atoms with E-state index in [1.54, 1.807) is 6.92 Å². The molecule has 114 valence electrons. The summed E-state index contributed by atoms with van der Waals surface area (Å²) in [6.45, 7) is 1.69. The van der Waals surface area contributed by atoms with Crippen molar-refractivity contribution in [3.8, 4) is 5.75 Å². The van der Waals surface area contributed by atoms with Crippen LogP contribution in [-0.2, 0) is 10.0 Å². The number of benzene rings is 1. The summed E-state index contributed by atoms with van der Waals surface area (Å²) in [5.41, 5.74) is 5.56. The van der Waals surface area contributed by atoms with Gasteiger partial charge in [0.1, 0.15) is 10.6 Å². The fraction of sp³-hybridized carbons (Fsp3) is 0.455. The first-order valence-corrected chi connectivity index (χ1v) is 7.24. The maximum Gasteiger partial charge on any atom is 0.573 e. The lowest BCUT2D eigenvalue weighted by molar-refractivity contribution is -0.275. The van der Waals surface area contributed by atoms with Crippen molar-refractivity contribution in [2.45, 2.75) is 30.6 Å². The molecule has 0 aliphatic carbocycles. The van der Waals surface area contributed by atoms with E-state index in [9.17, 15) is 21.6 Å². The fourth-order valence-corrected chi connectivity index (χ4v) is 2.54. The molecule has 0 saturated carbocycles. The highest BCUT2D eigenvalue weighted by Gasteiger charge is 2.33. The van der Waals surface area contributed by atoms with E-state index >= 15 is 0 Å². The van der Waals surface area contributed by atoms with Gasteiger partial charge in [0.15, 0.2) is 0 Å². The number of para-hydroxylation sites is 1. The molecular weight excluding hydrogens is 297 g/mol. The number of nitrogens with one attached hydrogen (secondary N) is 1. The summed E-state index contributed by atoms with van der Waals surface area (Å²) in [6, 6.07) is 4.10. The normalized spacial score (nSPS) is 14.1. The van der Waals surface area contributed by atoms with Gasteiger partial charge in [-0.3, -0.25) is 0 Å². The van der Waals surface area contributed by atoms with Crippen LogP contribution in [0.15, 0.2) is 29.2 Å². The molecule has 0 aromatic heterocycles. The van der Waals surface area contributed by atoms with Crippen molar-refractivity contribution in [3.63, 3.8) is 0 Å². The molecule has 1 atom stereocenters. The van der Waals surface area contributed by atoms with Crippen LogP contribution in [-0.4, -0.2) is 27.4 Å². The third-order valence-corrected chi connectivity index (χ3v) is 3.89. The van der Waals surface area contributed by atoms with Crippen molar-refractivity contribution in [1.29, 1.82) is 0 Å². The van der Waals surface area contributed by atoms with Gasteiger partial charge in [-0.2, -0.15) is 0 Å². The largest absolute Gasteiger partial charge is 0.573 e. The average molecular weight is 312 g/mol. The van der Waals surface area contributed by atoms with Crippen LogP contribution in [0, 0.1) is 0 Å². The maximum absolute atomic E-state index is 12.2. The van der Waals surface area contributed by atoms with Crippen LogP contribution in [0.4, 0.5) is 13.2 Å². The zero-order valence-electron chi connectivity index (χ0n) is 10.6. The van der Waals surface area contributed by atoms with Gasteiger partial charge in [-0.1, -0.05) is 19.1 Å². The van der Waals surface area contributed by atoms with Gasteiger partial charge in [0, 0.05) is 12.6 Å². The van der Waals surface area contributed by atoms with Crippen molar-refractivity contribution >= 4 is 10.0 Å². The number of nitrogens with two attached hydrogens (primary N) is 1. The summed E-state index contributed by atoms with van der Waals surface area (Å²) >= 11 is 0. The molecule has 1 aromatic rings. The molecule has 0 radical (unpaired) electrons. The number of alkyl halides is 3. The van der Waals surface area contributed by atoms with Crippen molar-refractivity contribution < 1.29 is 26.3 Å². The smallest absolute Gasteiger partial charge is 0.404 e. The highest BCUT2D eigenvalue weighted by molar-refractivity contribution is 7.89. The molecule has 3 N–H and O–H groups in total. The molecular formula is C11H15F3N2O3S. The van der Waals surface area contributed by atoms with Gasteiger partial charge in [0.2, 0.25) is 10.0 Å². The summed E-state index contributed by atoms with van der Waals surface area (Å²) in [5.74, 6) is -0.780. The molecule has 0 aliphatic rings. The van der Waals surface area contributed by atoms with Crippen LogP contribution in [0.25, 0.3) is 0 Å². The molecule has 0 saturated heterocycles. The summed E-state index contributed by atoms with van der Waals surface area (Å²) in [4.78, 5) is -0.583. The monoisotopic (exact) mass is 312 g/mol. The minimum atomic E-state index is -4.97. The number of rotatable bonds is 6. The Hall–Kier alpha value is -1.32. The predicted molar refractivity (Wildman–Crippen MR) is 66.6 cm³/mol. The lowest BCUT2D eigenvalue weighted by atomic mass is 10.2. The van der Waals surface area contributed by atoms with Gasteiger partial charge >= 0.3 is 6.36 Å². The van der Waals surface area contributed by atoms with Gasteiger partial charge in [-0.15, -0.1) is 13.2 Å². The van der Waals surface area contributed by atoms with Crippen LogP contribution >= 0.6 is 0 Å². The van der Waals surface area contributed by atoms with Crippen molar-refractivity contribution in [2.75, 3.05) is 6.54 Å². The Morgan fingerprint density at radius 2 is 1.95 bits per heavy atom. The Kier molecular flexibility index (Phi) is 5.37. The Morgan fingerprint density at radius 1 is 1.35 bits per heavy atom. The lowest BCUT2D eigenvalue weighted by Gasteiger charge is -2.15. The number of halogens is 3. The molecule has 0 amide bonds. The van der Waals surface area contributed by atoms with E-state index in [2.05, 4.69) is 9.46 Å². The Bertz CT molecular complexity index is 546. The van der Waals surface area contributed by atoms with E-state index < -0.39 is 33.1 Å². The van der Waals surface area contributed by atoms with Crippen LogP contribution in [0.5, 0.6) is 5.75 Å². The molecule has 5 nitrogen and oxygen atoms in total. The summed E-state index contributed by atoms with van der Waals surface area (Å²) in [7, 11) is -4.12. The summed E-state index contributed by atoms with van der Waals surface area (Å²) in [5, 5.41) is 0. The Morgan fingerprint density at radius 3 is 2.50 bits per heavy atom. The zero-order chi connectivity index (χ0) is 15.4. The van der Waals surface area contributed by atoms with Crippen LogP contribution < -0.4 is 15.2 Å². The quantitative estimate of drug-likeness (QED) is 0.836. The van der Waals surface area contributed by atoms with E-state index in [1.807, 2.05) is 0 Å². The molecule has 0 bridgehead atoms. The molecule has 1 rings (SSSR count). The first-order chi connectivity index (χ1) is 9.15. The van der Waals surface area contributed by atoms with Gasteiger partial charge in [0.25, 0.3) is 0 Å². The topological polar surface area (TPSA) is 81.4 Å². The SMILES string of the molecule is CCC(N)CNS(=O)(=O)c1ccccc1OC(F)(F)F. The van der Waals surface area contributed by atoms with Crippen LogP contribution in [0.3, 0.4) is 0 Å². The van der Waals surface area contributed by atoms with Gasteiger partial charge in [0.05, 0.1) is 0 Å². The molecule has 0 heterocycles. The fourth-order valence-electron chi connectivity index (χ4n) is 1.32. The molecule has 0 spiro atoms. The number of ether oxygens (including phenoxy) is 1. The first kappa shape index (κ1) is 16.7. The standard InChI is InChI=1S/C11H15F3N2O3S/c1-2-8(15)7-16-20(17,18)10-6-4-3-5-9(10)19-11(12,13)14/h3-6,8,16H,2,7,15H2,1H3. The highest BCUT2D eigenvalue weighted by Crippen LogP contribution is 2.29. The number of hydrogen-bond donors (Lipinski definition) is 2. The molecule has 0 fully saturated rings. The van der Waals surface area contributed by atoms with E-state index in [4.69, 9.17) is 5.73 Å². The van der Waals surface area contributed by atoms with E-state index in [1.165, 1.54) is 12.1 Å². The highest BCUT2D eigenvalue weighted by atomic mass is 32.2. The Balaban J connectivity index is 3.00. The van der Waals surface area contributed by atoms with Crippen molar-refractivity contribution in [3.05, 3.63) is 24.3 Å². The molecule has 0 aliphatic heterocycles. The first-order valence-electron chi connectivity index (χ1n) is 5.75. The van der Waals surface area contributed by atoms with E-state index in [-0.39, 0.29) is 6.54 Å². The number of hydrogen-bond acceptors (Lipinski definition) is 4. The average Bonchev–Trinajstić information content (AvgIpc) is 2.34. The minimum absolute atomic E-state index is 0.0703. The second-order valence-corrected chi connectivity index (χ2v) is 5.75. The second kappa shape index (κ2) is 6.42. The molecule has 9 heteroatoms. The lowest BCUT2D eigenvalue weighted by Crippen LogP contribution is -2.37. The summed E-state index contributed by atoms with van der Waals surface area (Å²) < 4.78 is 66.4. The number of sulfonamides is 1. The van der Waals surface area contributed by atoms with Crippen LogP contribution in [0.2, 0.25) is 0 Å². The Labute approximate surface area is 115 Å².